The van der Waals surface area contributed by atoms with Crippen molar-refractivity contribution in [2.24, 2.45) is 5.92 Å². The largest absolute Gasteiger partial charge is 0.508 e. The predicted molar refractivity (Wildman–Crippen MR) is 70.1 cm³/mol. The van der Waals surface area contributed by atoms with Crippen LogP contribution in [0.2, 0.25) is 0 Å². The molecule has 0 radical (unpaired) electrons. The maximum Gasteiger partial charge on any atom is 0.119 e. The molecule has 0 saturated carbocycles. The SMILES string of the molecule is Cc1cc(O)c(C(C)(C)C)cc1CC(C)C. The Morgan fingerprint density at radius 2 is 1.75 bits per heavy atom. The molecule has 0 bridgehead atoms. The molecule has 0 aliphatic rings. The van der Waals surface area contributed by atoms with Gasteiger partial charge in [0.1, 0.15) is 5.75 Å². The summed E-state index contributed by atoms with van der Waals surface area (Å²) in [7, 11) is 0. The lowest BCUT2D eigenvalue weighted by molar-refractivity contribution is 0.445. The fourth-order valence-corrected chi connectivity index (χ4v) is 2.00. The van der Waals surface area contributed by atoms with Crippen LogP contribution in [-0.2, 0) is 11.8 Å². The Kier molecular flexibility index (Phi) is 3.67. The summed E-state index contributed by atoms with van der Waals surface area (Å²) < 4.78 is 0. The van der Waals surface area contributed by atoms with Crippen LogP contribution in [0.15, 0.2) is 12.1 Å². The molecule has 16 heavy (non-hydrogen) atoms. The van der Waals surface area contributed by atoms with Crippen LogP contribution < -0.4 is 0 Å². The summed E-state index contributed by atoms with van der Waals surface area (Å²) in [5, 5.41) is 9.99. The van der Waals surface area contributed by atoms with Gasteiger partial charge in [-0.05, 0) is 47.4 Å². The lowest BCUT2D eigenvalue weighted by Gasteiger charge is -2.23. The average Bonchev–Trinajstić information content (AvgIpc) is 2.06. The van der Waals surface area contributed by atoms with E-state index in [1.807, 2.05) is 6.07 Å². The van der Waals surface area contributed by atoms with Crippen molar-refractivity contribution in [2.45, 2.75) is 53.4 Å². The van der Waals surface area contributed by atoms with Crippen molar-refractivity contribution in [1.29, 1.82) is 0 Å². The summed E-state index contributed by atoms with van der Waals surface area (Å²) in [5.41, 5.74) is 3.61. The fraction of sp³-hybridized carbons (Fsp3) is 0.600. The highest BCUT2D eigenvalue weighted by Crippen LogP contribution is 2.33. The van der Waals surface area contributed by atoms with Gasteiger partial charge < -0.3 is 5.11 Å². The van der Waals surface area contributed by atoms with Gasteiger partial charge in [0.2, 0.25) is 0 Å². The van der Waals surface area contributed by atoms with Gasteiger partial charge in [0.15, 0.2) is 0 Å². The van der Waals surface area contributed by atoms with Crippen molar-refractivity contribution < 1.29 is 5.11 Å². The molecule has 1 aromatic rings. The lowest BCUT2D eigenvalue weighted by Crippen LogP contribution is -2.12. The van der Waals surface area contributed by atoms with Crippen molar-refractivity contribution in [1.82, 2.24) is 0 Å². The average molecular weight is 220 g/mol. The quantitative estimate of drug-likeness (QED) is 0.792. The van der Waals surface area contributed by atoms with E-state index in [1.165, 1.54) is 11.1 Å². The van der Waals surface area contributed by atoms with Gasteiger partial charge >= 0.3 is 0 Å². The molecule has 0 aliphatic carbocycles. The van der Waals surface area contributed by atoms with E-state index in [2.05, 4.69) is 47.6 Å². The van der Waals surface area contributed by atoms with Crippen molar-refractivity contribution >= 4 is 0 Å². The van der Waals surface area contributed by atoms with Crippen molar-refractivity contribution in [3.63, 3.8) is 0 Å². The third-order valence-corrected chi connectivity index (χ3v) is 2.89. The molecule has 0 unspecified atom stereocenters. The van der Waals surface area contributed by atoms with Gasteiger partial charge in [-0.15, -0.1) is 0 Å². The molecule has 1 rings (SSSR count). The van der Waals surface area contributed by atoms with E-state index in [-0.39, 0.29) is 5.41 Å². The van der Waals surface area contributed by atoms with Gasteiger partial charge in [0.25, 0.3) is 0 Å². The van der Waals surface area contributed by atoms with Gasteiger partial charge in [-0.3, -0.25) is 0 Å². The highest BCUT2D eigenvalue weighted by atomic mass is 16.3. The normalized spacial score (nSPS) is 12.2. The molecule has 0 saturated heterocycles. The zero-order valence-corrected chi connectivity index (χ0v) is 11.4. The summed E-state index contributed by atoms with van der Waals surface area (Å²) in [6, 6.07) is 4.07. The number of benzene rings is 1. The smallest absolute Gasteiger partial charge is 0.119 e. The molecule has 90 valence electrons. The summed E-state index contributed by atoms with van der Waals surface area (Å²) in [6.45, 7) is 12.9. The topological polar surface area (TPSA) is 20.2 Å². The Labute approximate surface area is 99.5 Å². The number of aryl methyl sites for hydroxylation is 1. The van der Waals surface area contributed by atoms with Crippen LogP contribution in [0.1, 0.15) is 51.3 Å². The van der Waals surface area contributed by atoms with Gasteiger partial charge in [0, 0.05) is 0 Å². The highest BCUT2D eigenvalue weighted by Gasteiger charge is 2.19. The van der Waals surface area contributed by atoms with E-state index in [0.29, 0.717) is 11.7 Å². The third-order valence-electron chi connectivity index (χ3n) is 2.89. The van der Waals surface area contributed by atoms with Crippen LogP contribution in [0.25, 0.3) is 0 Å². The molecule has 1 nitrogen and oxygen atoms in total. The molecule has 0 aliphatic heterocycles. The third kappa shape index (κ3) is 3.01. The van der Waals surface area contributed by atoms with Gasteiger partial charge in [-0.1, -0.05) is 40.7 Å². The summed E-state index contributed by atoms with van der Waals surface area (Å²) in [4.78, 5) is 0. The number of phenolic OH excluding ortho intramolecular Hbond substituents is 1. The Hall–Kier alpha value is -0.980. The van der Waals surface area contributed by atoms with E-state index in [0.717, 1.165) is 12.0 Å². The first kappa shape index (κ1) is 13.1. The highest BCUT2D eigenvalue weighted by molar-refractivity contribution is 5.44. The zero-order chi connectivity index (χ0) is 12.5. The fourth-order valence-electron chi connectivity index (χ4n) is 2.00. The summed E-state index contributed by atoms with van der Waals surface area (Å²) in [5.74, 6) is 1.08. The Balaban J connectivity index is 3.22. The number of hydrogen-bond donors (Lipinski definition) is 1. The standard InChI is InChI=1S/C15H24O/c1-10(2)7-12-9-13(15(4,5)6)14(16)8-11(12)3/h8-10,16H,7H2,1-6H3. The van der Waals surface area contributed by atoms with E-state index < -0.39 is 0 Å². The minimum Gasteiger partial charge on any atom is -0.508 e. The van der Waals surface area contributed by atoms with Gasteiger partial charge in [-0.25, -0.2) is 0 Å². The van der Waals surface area contributed by atoms with Crippen LogP contribution in [-0.4, -0.2) is 5.11 Å². The zero-order valence-electron chi connectivity index (χ0n) is 11.4. The molecular formula is C15H24O. The second kappa shape index (κ2) is 4.48. The van der Waals surface area contributed by atoms with E-state index in [1.54, 1.807) is 0 Å². The first-order chi connectivity index (χ1) is 7.21. The van der Waals surface area contributed by atoms with Crippen molar-refractivity contribution in [3.05, 3.63) is 28.8 Å². The monoisotopic (exact) mass is 220 g/mol. The Morgan fingerprint density at radius 3 is 2.19 bits per heavy atom. The molecule has 0 atom stereocenters. The molecule has 0 spiro atoms. The van der Waals surface area contributed by atoms with Gasteiger partial charge in [-0.2, -0.15) is 0 Å². The number of hydrogen-bond acceptors (Lipinski definition) is 1. The molecule has 0 fully saturated rings. The minimum absolute atomic E-state index is 0.00348. The van der Waals surface area contributed by atoms with Crippen LogP contribution >= 0.6 is 0 Å². The first-order valence-electron chi connectivity index (χ1n) is 6.04. The molecule has 0 heterocycles. The van der Waals surface area contributed by atoms with E-state index in [4.69, 9.17) is 0 Å². The number of aromatic hydroxyl groups is 1. The van der Waals surface area contributed by atoms with Crippen LogP contribution in [0.3, 0.4) is 0 Å². The molecular weight excluding hydrogens is 196 g/mol. The first-order valence-corrected chi connectivity index (χ1v) is 6.04. The molecule has 1 heteroatoms. The maximum atomic E-state index is 9.99. The second-order valence-corrected chi connectivity index (χ2v) is 6.14. The molecule has 1 aromatic carbocycles. The predicted octanol–water partition coefficient (Wildman–Crippen LogP) is 4.20. The molecule has 0 aromatic heterocycles. The summed E-state index contributed by atoms with van der Waals surface area (Å²) >= 11 is 0. The lowest BCUT2D eigenvalue weighted by atomic mass is 9.83. The van der Waals surface area contributed by atoms with Crippen LogP contribution in [0.5, 0.6) is 5.75 Å². The van der Waals surface area contributed by atoms with Crippen LogP contribution in [0.4, 0.5) is 0 Å². The van der Waals surface area contributed by atoms with Crippen molar-refractivity contribution in [3.8, 4) is 5.75 Å². The second-order valence-electron chi connectivity index (χ2n) is 6.14. The Bertz CT molecular complexity index is 370. The maximum absolute atomic E-state index is 9.99. The molecule has 0 amide bonds. The Morgan fingerprint density at radius 1 is 1.19 bits per heavy atom. The minimum atomic E-state index is 0.00348. The number of phenols is 1. The molecule has 1 N–H and O–H groups in total. The van der Waals surface area contributed by atoms with Gasteiger partial charge in [0.05, 0.1) is 0 Å². The van der Waals surface area contributed by atoms with E-state index in [9.17, 15) is 5.11 Å². The number of rotatable bonds is 2. The van der Waals surface area contributed by atoms with E-state index >= 15 is 0 Å². The summed E-state index contributed by atoms with van der Waals surface area (Å²) in [6.07, 6.45) is 1.08. The van der Waals surface area contributed by atoms with Crippen molar-refractivity contribution in [2.75, 3.05) is 0 Å². The van der Waals surface area contributed by atoms with Crippen LogP contribution in [0, 0.1) is 12.8 Å².